The van der Waals surface area contributed by atoms with Gasteiger partial charge in [0.2, 0.25) is 0 Å². The number of hydrogen-bond donors (Lipinski definition) is 3. The highest BCUT2D eigenvalue weighted by Gasteiger charge is 2.14. The fourth-order valence-corrected chi connectivity index (χ4v) is 3.86. The quantitative estimate of drug-likeness (QED) is 0.457. The molecule has 1 fully saturated rings. The number of aryl methyl sites for hydroxylation is 1. The SMILES string of the molecule is Cc1cc(-c2cc3cc[nH]c(=O)c3c(Nc3ccc(N4CCOCC4)cc3)n2)ncc1N. The van der Waals surface area contributed by atoms with E-state index in [1.807, 2.05) is 37.3 Å². The van der Waals surface area contributed by atoms with Gasteiger partial charge in [-0.2, -0.15) is 0 Å². The summed E-state index contributed by atoms with van der Waals surface area (Å²) in [7, 11) is 0. The number of fused-ring (bicyclic) bond motifs is 1. The molecule has 4 aromatic rings. The molecule has 1 aliphatic rings. The molecule has 0 atom stereocenters. The molecule has 32 heavy (non-hydrogen) atoms. The standard InChI is InChI=1S/C24H24N6O2/c1-15-12-20(27-14-19(15)25)21-13-16-6-7-26-24(31)22(16)23(29-21)28-17-2-4-18(5-3-17)30-8-10-32-11-9-30/h2-7,12-14H,8-11,25H2,1H3,(H,26,31)(H,28,29). The summed E-state index contributed by atoms with van der Waals surface area (Å²) in [5, 5.41) is 4.61. The fourth-order valence-electron chi connectivity index (χ4n) is 3.86. The Labute approximate surface area is 185 Å². The monoisotopic (exact) mass is 428 g/mol. The highest BCUT2D eigenvalue weighted by Crippen LogP contribution is 2.29. The summed E-state index contributed by atoms with van der Waals surface area (Å²) < 4.78 is 5.43. The molecule has 0 radical (unpaired) electrons. The number of nitrogens with two attached hydrogens (primary N) is 1. The van der Waals surface area contributed by atoms with E-state index in [-0.39, 0.29) is 5.56 Å². The maximum Gasteiger partial charge on any atom is 0.259 e. The Hall–Kier alpha value is -3.91. The third kappa shape index (κ3) is 3.88. The van der Waals surface area contributed by atoms with Crippen LogP contribution in [0, 0.1) is 6.92 Å². The van der Waals surface area contributed by atoms with Gasteiger partial charge in [-0.15, -0.1) is 0 Å². The van der Waals surface area contributed by atoms with Crippen molar-refractivity contribution in [3.05, 3.63) is 70.8 Å². The Kier molecular flexibility index (Phi) is 5.20. The molecule has 0 unspecified atom stereocenters. The van der Waals surface area contributed by atoms with Gasteiger partial charge in [0.05, 0.1) is 41.9 Å². The molecule has 162 valence electrons. The topological polar surface area (TPSA) is 109 Å². The summed E-state index contributed by atoms with van der Waals surface area (Å²) in [5.74, 6) is 0.481. The number of nitrogens with zero attached hydrogens (tertiary/aromatic N) is 3. The first-order chi connectivity index (χ1) is 15.6. The Morgan fingerprint density at radius 1 is 1.09 bits per heavy atom. The van der Waals surface area contributed by atoms with Crippen molar-refractivity contribution < 1.29 is 4.74 Å². The highest BCUT2D eigenvalue weighted by atomic mass is 16.5. The summed E-state index contributed by atoms with van der Waals surface area (Å²) in [4.78, 5) is 26.8. The zero-order valence-corrected chi connectivity index (χ0v) is 17.8. The smallest absolute Gasteiger partial charge is 0.259 e. The van der Waals surface area contributed by atoms with Gasteiger partial charge in [-0.25, -0.2) is 4.98 Å². The average Bonchev–Trinajstić information content (AvgIpc) is 2.82. The largest absolute Gasteiger partial charge is 0.397 e. The molecule has 8 nitrogen and oxygen atoms in total. The molecule has 3 aromatic heterocycles. The molecule has 1 saturated heterocycles. The van der Waals surface area contributed by atoms with Gasteiger partial charge in [-0.05, 0) is 60.3 Å². The molecular formula is C24H24N6O2. The number of nitrogens with one attached hydrogen (secondary N) is 2. The predicted octanol–water partition coefficient (Wildman–Crippen LogP) is 3.46. The van der Waals surface area contributed by atoms with Crippen molar-refractivity contribution in [2.45, 2.75) is 6.92 Å². The second kappa shape index (κ2) is 8.32. The maximum absolute atomic E-state index is 12.6. The van der Waals surface area contributed by atoms with E-state index in [2.05, 4.69) is 32.3 Å². The van der Waals surface area contributed by atoms with E-state index in [4.69, 9.17) is 15.5 Å². The van der Waals surface area contributed by atoms with Crippen LogP contribution < -0.4 is 21.5 Å². The number of benzene rings is 1. The third-order valence-corrected chi connectivity index (χ3v) is 5.67. The third-order valence-electron chi connectivity index (χ3n) is 5.67. The van der Waals surface area contributed by atoms with Crippen LogP contribution in [0.5, 0.6) is 0 Å². The van der Waals surface area contributed by atoms with Crippen LogP contribution in [0.3, 0.4) is 0 Å². The second-order valence-corrected chi connectivity index (χ2v) is 7.82. The number of morpholine rings is 1. The molecule has 4 N–H and O–H groups in total. The summed E-state index contributed by atoms with van der Waals surface area (Å²) in [5.41, 5.74) is 10.6. The van der Waals surface area contributed by atoms with E-state index < -0.39 is 0 Å². The molecule has 0 bridgehead atoms. The predicted molar refractivity (Wildman–Crippen MR) is 128 cm³/mol. The van der Waals surface area contributed by atoms with Gasteiger partial charge in [0.25, 0.3) is 5.56 Å². The minimum Gasteiger partial charge on any atom is -0.397 e. The van der Waals surface area contributed by atoms with Crippen LogP contribution in [-0.2, 0) is 4.74 Å². The number of aromatic amines is 1. The van der Waals surface area contributed by atoms with Crippen molar-refractivity contribution in [3.8, 4) is 11.4 Å². The first kappa shape index (κ1) is 20.0. The summed E-state index contributed by atoms with van der Waals surface area (Å²) in [6.45, 7) is 5.17. The van der Waals surface area contributed by atoms with Gasteiger partial charge in [-0.1, -0.05) is 0 Å². The van der Waals surface area contributed by atoms with E-state index in [0.29, 0.717) is 28.3 Å². The Morgan fingerprint density at radius 2 is 1.88 bits per heavy atom. The van der Waals surface area contributed by atoms with Crippen molar-refractivity contribution in [2.75, 3.05) is 42.3 Å². The summed E-state index contributed by atoms with van der Waals surface area (Å²) in [6, 6.07) is 13.7. The number of pyridine rings is 3. The number of hydrogen-bond acceptors (Lipinski definition) is 7. The molecule has 5 rings (SSSR count). The van der Waals surface area contributed by atoms with Gasteiger partial charge in [0, 0.05) is 30.7 Å². The lowest BCUT2D eigenvalue weighted by Crippen LogP contribution is -2.36. The van der Waals surface area contributed by atoms with E-state index in [9.17, 15) is 4.79 Å². The van der Waals surface area contributed by atoms with Crippen molar-refractivity contribution in [3.63, 3.8) is 0 Å². The number of rotatable bonds is 4. The summed E-state index contributed by atoms with van der Waals surface area (Å²) >= 11 is 0. The molecule has 1 aliphatic heterocycles. The van der Waals surface area contributed by atoms with Crippen LogP contribution in [0.4, 0.5) is 22.9 Å². The van der Waals surface area contributed by atoms with Gasteiger partial charge in [-0.3, -0.25) is 9.78 Å². The molecule has 4 heterocycles. The maximum atomic E-state index is 12.6. The van der Waals surface area contributed by atoms with E-state index >= 15 is 0 Å². The van der Waals surface area contributed by atoms with Gasteiger partial charge in [0.15, 0.2) is 0 Å². The molecule has 0 saturated carbocycles. The van der Waals surface area contributed by atoms with Crippen LogP contribution in [0.2, 0.25) is 0 Å². The molecule has 0 spiro atoms. The van der Waals surface area contributed by atoms with Crippen molar-refractivity contribution in [2.24, 2.45) is 0 Å². The van der Waals surface area contributed by atoms with Crippen molar-refractivity contribution in [1.29, 1.82) is 0 Å². The number of ether oxygens (including phenoxy) is 1. The number of aromatic nitrogens is 3. The van der Waals surface area contributed by atoms with Crippen LogP contribution in [0.1, 0.15) is 5.56 Å². The molecular weight excluding hydrogens is 404 g/mol. The Bertz CT molecular complexity index is 1330. The zero-order chi connectivity index (χ0) is 22.1. The minimum absolute atomic E-state index is 0.199. The lowest BCUT2D eigenvalue weighted by molar-refractivity contribution is 0.122. The van der Waals surface area contributed by atoms with Gasteiger partial charge < -0.3 is 25.7 Å². The molecule has 0 amide bonds. The van der Waals surface area contributed by atoms with Gasteiger partial charge in [0.1, 0.15) is 5.82 Å². The lowest BCUT2D eigenvalue weighted by atomic mass is 10.1. The second-order valence-electron chi connectivity index (χ2n) is 7.82. The number of nitrogen functional groups attached to an aromatic ring is 1. The zero-order valence-electron chi connectivity index (χ0n) is 17.8. The van der Waals surface area contributed by atoms with Gasteiger partial charge >= 0.3 is 0 Å². The van der Waals surface area contributed by atoms with E-state index in [1.165, 1.54) is 0 Å². The van der Waals surface area contributed by atoms with Crippen LogP contribution in [-0.4, -0.2) is 41.3 Å². The van der Waals surface area contributed by atoms with E-state index in [0.717, 1.165) is 48.6 Å². The normalized spacial score (nSPS) is 14.0. The van der Waals surface area contributed by atoms with Crippen LogP contribution in [0.15, 0.2) is 59.7 Å². The fraction of sp³-hybridized carbons (Fsp3) is 0.208. The first-order valence-electron chi connectivity index (χ1n) is 10.5. The van der Waals surface area contributed by atoms with E-state index in [1.54, 1.807) is 12.4 Å². The van der Waals surface area contributed by atoms with Crippen LogP contribution in [0.25, 0.3) is 22.2 Å². The minimum atomic E-state index is -0.199. The average molecular weight is 428 g/mol. The molecule has 8 heteroatoms. The Morgan fingerprint density at radius 3 is 2.62 bits per heavy atom. The van der Waals surface area contributed by atoms with Crippen LogP contribution >= 0.6 is 0 Å². The molecule has 0 aliphatic carbocycles. The number of H-pyrrole nitrogens is 1. The number of anilines is 4. The molecule has 1 aromatic carbocycles. The van der Waals surface area contributed by atoms with Crippen molar-refractivity contribution in [1.82, 2.24) is 15.0 Å². The van der Waals surface area contributed by atoms with Crippen molar-refractivity contribution >= 4 is 33.7 Å². The lowest BCUT2D eigenvalue weighted by Gasteiger charge is -2.28. The Balaban J connectivity index is 1.53. The highest BCUT2D eigenvalue weighted by molar-refractivity contribution is 5.95. The summed E-state index contributed by atoms with van der Waals surface area (Å²) in [6.07, 6.45) is 3.27. The first-order valence-corrected chi connectivity index (χ1v) is 10.5.